The van der Waals surface area contributed by atoms with Crippen molar-refractivity contribution in [2.45, 2.75) is 52.0 Å². The lowest BCUT2D eigenvalue weighted by Gasteiger charge is -2.33. The lowest BCUT2D eigenvalue weighted by Crippen LogP contribution is -2.42. The summed E-state index contributed by atoms with van der Waals surface area (Å²) in [6.07, 6.45) is 4.93. The van der Waals surface area contributed by atoms with Gasteiger partial charge in [0, 0.05) is 19.0 Å². The third-order valence-corrected chi connectivity index (χ3v) is 4.01. The first-order valence-corrected chi connectivity index (χ1v) is 7.66. The molecule has 1 aliphatic rings. The predicted octanol–water partition coefficient (Wildman–Crippen LogP) is 3.56. The van der Waals surface area contributed by atoms with E-state index in [1.54, 1.807) is 0 Å². The molecule has 0 saturated carbocycles. The molecule has 1 fully saturated rings. The van der Waals surface area contributed by atoms with Crippen LogP contribution in [0.4, 0.5) is 0 Å². The van der Waals surface area contributed by atoms with E-state index in [9.17, 15) is 4.79 Å². The quantitative estimate of drug-likeness (QED) is 0.769. The summed E-state index contributed by atoms with van der Waals surface area (Å²) in [5.74, 6) is 1.21. The molecular formula is C17H25NO2. The van der Waals surface area contributed by atoms with Crippen LogP contribution in [-0.4, -0.2) is 30.0 Å². The molecule has 0 N–H and O–H groups in total. The van der Waals surface area contributed by atoms with Crippen LogP contribution >= 0.6 is 0 Å². The number of hydrogen-bond acceptors (Lipinski definition) is 2. The van der Waals surface area contributed by atoms with Crippen LogP contribution in [0.3, 0.4) is 0 Å². The highest BCUT2D eigenvalue weighted by Crippen LogP contribution is 2.19. The Morgan fingerprint density at radius 2 is 2.15 bits per heavy atom. The second-order valence-electron chi connectivity index (χ2n) is 5.65. The van der Waals surface area contributed by atoms with E-state index in [0.717, 1.165) is 37.1 Å². The van der Waals surface area contributed by atoms with Gasteiger partial charge in [0.05, 0.1) is 6.61 Å². The van der Waals surface area contributed by atoms with E-state index < -0.39 is 0 Å². The number of aryl methyl sites for hydroxylation is 1. The summed E-state index contributed by atoms with van der Waals surface area (Å²) in [4.78, 5) is 14.2. The number of rotatable bonds is 5. The molecule has 1 aliphatic heterocycles. The van der Waals surface area contributed by atoms with Crippen LogP contribution in [0.5, 0.6) is 5.75 Å². The van der Waals surface area contributed by atoms with E-state index in [1.807, 2.05) is 36.1 Å². The van der Waals surface area contributed by atoms with Gasteiger partial charge in [-0.1, -0.05) is 18.2 Å². The lowest BCUT2D eigenvalue weighted by molar-refractivity contribution is -0.134. The van der Waals surface area contributed by atoms with Crippen molar-refractivity contribution in [3.63, 3.8) is 0 Å². The van der Waals surface area contributed by atoms with Crippen LogP contribution in [-0.2, 0) is 4.79 Å². The molecule has 1 amide bonds. The zero-order valence-corrected chi connectivity index (χ0v) is 12.6. The summed E-state index contributed by atoms with van der Waals surface area (Å²) in [5.41, 5.74) is 1.14. The highest BCUT2D eigenvalue weighted by Gasteiger charge is 2.22. The van der Waals surface area contributed by atoms with Crippen LogP contribution in [0, 0.1) is 6.92 Å². The third-order valence-electron chi connectivity index (χ3n) is 4.01. The average molecular weight is 275 g/mol. The van der Waals surface area contributed by atoms with Gasteiger partial charge in [-0.25, -0.2) is 0 Å². The van der Waals surface area contributed by atoms with E-state index in [-0.39, 0.29) is 5.91 Å². The van der Waals surface area contributed by atoms with Crippen molar-refractivity contribution in [3.8, 4) is 5.75 Å². The van der Waals surface area contributed by atoms with Gasteiger partial charge in [-0.2, -0.15) is 0 Å². The number of likely N-dealkylation sites (tertiary alicyclic amines) is 1. The fraction of sp³-hybridized carbons (Fsp3) is 0.588. The van der Waals surface area contributed by atoms with Gasteiger partial charge in [-0.15, -0.1) is 0 Å². The molecule has 3 heteroatoms. The first-order valence-electron chi connectivity index (χ1n) is 7.66. The van der Waals surface area contributed by atoms with Gasteiger partial charge in [0.2, 0.25) is 5.91 Å². The van der Waals surface area contributed by atoms with Crippen LogP contribution in [0.15, 0.2) is 24.3 Å². The molecule has 1 unspecified atom stereocenters. The molecule has 1 saturated heterocycles. The van der Waals surface area contributed by atoms with Gasteiger partial charge in [-0.3, -0.25) is 4.79 Å². The Morgan fingerprint density at radius 1 is 1.35 bits per heavy atom. The first-order chi connectivity index (χ1) is 9.68. The highest BCUT2D eigenvalue weighted by molar-refractivity contribution is 5.76. The standard InChI is InChI=1S/C17H25NO2/c1-14-8-3-4-10-16(14)20-13-7-11-17(19)18-12-6-5-9-15(18)2/h3-4,8,10,15H,5-7,9,11-13H2,1-2H3. The van der Waals surface area contributed by atoms with Gasteiger partial charge in [0.25, 0.3) is 0 Å². The molecule has 0 bridgehead atoms. The Morgan fingerprint density at radius 3 is 2.90 bits per heavy atom. The number of carbonyl (C=O) groups excluding carboxylic acids is 1. The number of ether oxygens (including phenoxy) is 1. The smallest absolute Gasteiger partial charge is 0.222 e. The SMILES string of the molecule is Cc1ccccc1OCCCC(=O)N1CCCCC1C. The van der Waals surface area contributed by atoms with E-state index in [4.69, 9.17) is 4.74 Å². The first kappa shape index (κ1) is 14.9. The number of hydrogen-bond donors (Lipinski definition) is 0. The second kappa shape index (κ2) is 7.32. The van der Waals surface area contributed by atoms with Crippen LogP contribution < -0.4 is 4.74 Å². The minimum Gasteiger partial charge on any atom is -0.493 e. The molecule has 0 aromatic heterocycles. The molecule has 0 spiro atoms. The molecule has 1 aromatic carbocycles. The van der Waals surface area contributed by atoms with Crippen molar-refractivity contribution in [1.29, 1.82) is 0 Å². The lowest BCUT2D eigenvalue weighted by atomic mass is 10.0. The Labute approximate surface area is 121 Å². The molecule has 110 valence electrons. The Bertz CT molecular complexity index is 444. The Kier molecular flexibility index (Phi) is 5.45. The predicted molar refractivity (Wildman–Crippen MR) is 80.9 cm³/mol. The molecule has 2 rings (SSSR count). The summed E-state index contributed by atoms with van der Waals surface area (Å²) in [5, 5.41) is 0. The van der Waals surface area contributed by atoms with Gasteiger partial charge < -0.3 is 9.64 Å². The van der Waals surface area contributed by atoms with Crippen molar-refractivity contribution in [3.05, 3.63) is 29.8 Å². The fourth-order valence-corrected chi connectivity index (χ4v) is 2.74. The normalized spacial score (nSPS) is 18.9. The maximum Gasteiger partial charge on any atom is 0.222 e. The van der Waals surface area contributed by atoms with Gasteiger partial charge >= 0.3 is 0 Å². The number of benzene rings is 1. The topological polar surface area (TPSA) is 29.5 Å². The van der Waals surface area contributed by atoms with Crippen LogP contribution in [0.25, 0.3) is 0 Å². The molecule has 3 nitrogen and oxygen atoms in total. The van der Waals surface area contributed by atoms with E-state index in [2.05, 4.69) is 6.92 Å². The number of amides is 1. The zero-order chi connectivity index (χ0) is 14.4. The Hall–Kier alpha value is -1.51. The van der Waals surface area contributed by atoms with Crippen molar-refractivity contribution < 1.29 is 9.53 Å². The monoisotopic (exact) mass is 275 g/mol. The number of carbonyl (C=O) groups is 1. The van der Waals surface area contributed by atoms with Crippen molar-refractivity contribution in [2.24, 2.45) is 0 Å². The highest BCUT2D eigenvalue weighted by atomic mass is 16.5. The fourth-order valence-electron chi connectivity index (χ4n) is 2.74. The largest absolute Gasteiger partial charge is 0.493 e. The summed E-state index contributed by atoms with van der Waals surface area (Å²) in [7, 11) is 0. The molecule has 1 atom stereocenters. The van der Waals surface area contributed by atoms with Crippen molar-refractivity contribution in [2.75, 3.05) is 13.2 Å². The molecule has 20 heavy (non-hydrogen) atoms. The Balaban J connectivity index is 1.70. The summed E-state index contributed by atoms with van der Waals surface area (Å²) in [6.45, 7) is 5.73. The molecule has 1 aromatic rings. The minimum absolute atomic E-state index is 0.283. The van der Waals surface area contributed by atoms with E-state index in [1.165, 1.54) is 6.42 Å². The van der Waals surface area contributed by atoms with E-state index in [0.29, 0.717) is 19.1 Å². The van der Waals surface area contributed by atoms with Crippen molar-refractivity contribution >= 4 is 5.91 Å². The van der Waals surface area contributed by atoms with Gasteiger partial charge in [0.1, 0.15) is 5.75 Å². The zero-order valence-electron chi connectivity index (χ0n) is 12.6. The maximum atomic E-state index is 12.2. The van der Waals surface area contributed by atoms with Crippen LogP contribution in [0.2, 0.25) is 0 Å². The van der Waals surface area contributed by atoms with Crippen molar-refractivity contribution in [1.82, 2.24) is 4.90 Å². The summed E-state index contributed by atoms with van der Waals surface area (Å²) < 4.78 is 5.73. The maximum absolute atomic E-state index is 12.2. The number of nitrogens with zero attached hydrogens (tertiary/aromatic N) is 1. The third kappa shape index (κ3) is 3.99. The summed E-state index contributed by atoms with van der Waals surface area (Å²) >= 11 is 0. The van der Waals surface area contributed by atoms with Gasteiger partial charge in [-0.05, 0) is 51.2 Å². The average Bonchev–Trinajstić information content (AvgIpc) is 2.45. The number of piperidine rings is 1. The second-order valence-corrected chi connectivity index (χ2v) is 5.65. The molecule has 0 aliphatic carbocycles. The number of para-hydroxylation sites is 1. The summed E-state index contributed by atoms with van der Waals surface area (Å²) in [6, 6.07) is 8.40. The van der Waals surface area contributed by atoms with E-state index >= 15 is 0 Å². The minimum atomic E-state index is 0.283. The van der Waals surface area contributed by atoms with Crippen LogP contribution in [0.1, 0.15) is 44.6 Å². The molecular weight excluding hydrogens is 250 g/mol. The molecule has 0 radical (unpaired) electrons. The molecule has 1 heterocycles. The van der Waals surface area contributed by atoms with Gasteiger partial charge in [0.15, 0.2) is 0 Å².